The first kappa shape index (κ1) is 12.4. The van der Waals surface area contributed by atoms with Gasteiger partial charge < -0.3 is 9.64 Å². The molecule has 0 spiro atoms. The van der Waals surface area contributed by atoms with Crippen LogP contribution in [0.5, 0.6) is 0 Å². The summed E-state index contributed by atoms with van der Waals surface area (Å²) in [6.07, 6.45) is 5.64. The minimum atomic E-state index is -0.237. The molecule has 0 atom stereocenters. The molecule has 1 heterocycles. The molecule has 0 fully saturated rings. The molecule has 0 aromatic heterocycles. The van der Waals surface area contributed by atoms with Crippen LogP contribution >= 0.6 is 0 Å². The summed E-state index contributed by atoms with van der Waals surface area (Å²) >= 11 is 0. The zero-order valence-corrected chi connectivity index (χ0v) is 10.7. The Morgan fingerprint density at radius 2 is 2.06 bits per heavy atom. The predicted molar refractivity (Wildman–Crippen MR) is 72.4 cm³/mol. The van der Waals surface area contributed by atoms with Crippen LogP contribution in [0.15, 0.2) is 48.2 Å². The first-order chi connectivity index (χ1) is 8.70. The van der Waals surface area contributed by atoms with Gasteiger partial charge in [-0.3, -0.25) is 0 Å². The molecule has 3 nitrogen and oxygen atoms in total. The standard InChI is InChI=1S/C15H17NO2/c1-3-18-15(17)13-5-4-10-16(11-13)14-8-6-12(2)7-9-14/h4-10H,3,11H2,1-2H3. The van der Waals surface area contributed by atoms with E-state index in [-0.39, 0.29) is 5.97 Å². The zero-order chi connectivity index (χ0) is 13.0. The number of anilines is 1. The SMILES string of the molecule is CCOC(=O)C1=CC=CN(c2ccc(C)cc2)C1. The molecule has 0 saturated carbocycles. The molecule has 0 saturated heterocycles. The summed E-state index contributed by atoms with van der Waals surface area (Å²) in [5.74, 6) is -0.237. The molecule has 94 valence electrons. The van der Waals surface area contributed by atoms with Crippen LogP contribution in [0.2, 0.25) is 0 Å². The van der Waals surface area contributed by atoms with Crippen molar-refractivity contribution in [1.82, 2.24) is 0 Å². The van der Waals surface area contributed by atoms with Gasteiger partial charge in [-0.15, -0.1) is 0 Å². The van der Waals surface area contributed by atoms with E-state index in [9.17, 15) is 4.79 Å². The normalized spacial score (nSPS) is 14.3. The summed E-state index contributed by atoms with van der Waals surface area (Å²) in [6.45, 7) is 4.83. The summed E-state index contributed by atoms with van der Waals surface area (Å²) in [4.78, 5) is 13.7. The summed E-state index contributed by atoms with van der Waals surface area (Å²) in [6, 6.07) is 8.22. The Kier molecular flexibility index (Phi) is 3.82. The second kappa shape index (κ2) is 5.54. The Hall–Kier alpha value is -2.03. The fourth-order valence-corrected chi connectivity index (χ4v) is 1.82. The Morgan fingerprint density at radius 1 is 1.33 bits per heavy atom. The van der Waals surface area contributed by atoms with E-state index in [1.807, 2.05) is 42.3 Å². The lowest BCUT2D eigenvalue weighted by Crippen LogP contribution is -2.25. The maximum atomic E-state index is 11.7. The monoisotopic (exact) mass is 243 g/mol. The molecule has 0 bridgehead atoms. The first-order valence-electron chi connectivity index (χ1n) is 6.08. The van der Waals surface area contributed by atoms with Crippen molar-refractivity contribution in [3.05, 3.63) is 53.8 Å². The zero-order valence-electron chi connectivity index (χ0n) is 10.7. The van der Waals surface area contributed by atoms with Crippen LogP contribution in [0, 0.1) is 6.92 Å². The number of ether oxygens (including phenoxy) is 1. The topological polar surface area (TPSA) is 29.5 Å². The van der Waals surface area contributed by atoms with Gasteiger partial charge in [0, 0.05) is 11.9 Å². The maximum absolute atomic E-state index is 11.7. The molecule has 0 radical (unpaired) electrons. The highest BCUT2D eigenvalue weighted by Gasteiger charge is 2.16. The van der Waals surface area contributed by atoms with Crippen molar-refractivity contribution in [3.8, 4) is 0 Å². The fraction of sp³-hybridized carbons (Fsp3) is 0.267. The molecular weight excluding hydrogens is 226 g/mol. The molecule has 1 aliphatic rings. The summed E-state index contributed by atoms with van der Waals surface area (Å²) in [5.41, 5.74) is 2.98. The van der Waals surface area contributed by atoms with Gasteiger partial charge in [-0.1, -0.05) is 17.7 Å². The van der Waals surface area contributed by atoms with Crippen molar-refractivity contribution in [2.75, 3.05) is 18.1 Å². The Morgan fingerprint density at radius 3 is 2.72 bits per heavy atom. The molecule has 18 heavy (non-hydrogen) atoms. The third kappa shape index (κ3) is 2.80. The van der Waals surface area contributed by atoms with Crippen LogP contribution in [0.3, 0.4) is 0 Å². The Balaban J connectivity index is 2.11. The number of allylic oxidation sites excluding steroid dienone is 2. The van der Waals surface area contributed by atoms with Crippen LogP contribution in [0.4, 0.5) is 5.69 Å². The van der Waals surface area contributed by atoms with Crippen LogP contribution < -0.4 is 4.90 Å². The molecule has 2 rings (SSSR count). The molecule has 0 unspecified atom stereocenters. The molecule has 1 aromatic carbocycles. The second-order valence-corrected chi connectivity index (χ2v) is 4.22. The third-order valence-electron chi connectivity index (χ3n) is 2.81. The number of hydrogen-bond donors (Lipinski definition) is 0. The highest BCUT2D eigenvalue weighted by molar-refractivity contribution is 5.90. The van der Waals surface area contributed by atoms with Gasteiger partial charge in [-0.25, -0.2) is 4.79 Å². The number of carbonyl (C=O) groups is 1. The first-order valence-corrected chi connectivity index (χ1v) is 6.08. The number of carbonyl (C=O) groups excluding carboxylic acids is 1. The number of benzene rings is 1. The van der Waals surface area contributed by atoms with Crippen molar-refractivity contribution in [3.63, 3.8) is 0 Å². The lowest BCUT2D eigenvalue weighted by Gasteiger charge is -2.24. The average Bonchev–Trinajstić information content (AvgIpc) is 2.40. The summed E-state index contributed by atoms with van der Waals surface area (Å²) in [7, 11) is 0. The van der Waals surface area contributed by atoms with E-state index in [1.165, 1.54) is 5.56 Å². The fourth-order valence-electron chi connectivity index (χ4n) is 1.82. The van der Waals surface area contributed by atoms with E-state index < -0.39 is 0 Å². The van der Waals surface area contributed by atoms with Gasteiger partial charge in [-0.2, -0.15) is 0 Å². The van der Waals surface area contributed by atoms with E-state index in [2.05, 4.69) is 19.1 Å². The van der Waals surface area contributed by atoms with Crippen molar-refractivity contribution in [2.24, 2.45) is 0 Å². The van der Waals surface area contributed by atoms with Crippen molar-refractivity contribution >= 4 is 11.7 Å². The van der Waals surface area contributed by atoms with E-state index >= 15 is 0 Å². The summed E-state index contributed by atoms with van der Waals surface area (Å²) in [5, 5.41) is 0. The molecule has 0 aliphatic carbocycles. The van der Waals surface area contributed by atoms with Gasteiger partial charge in [0.1, 0.15) is 0 Å². The minimum absolute atomic E-state index is 0.237. The van der Waals surface area contributed by atoms with Gasteiger partial charge in [0.15, 0.2) is 0 Å². The second-order valence-electron chi connectivity index (χ2n) is 4.22. The number of esters is 1. The number of aryl methyl sites for hydroxylation is 1. The molecule has 1 aromatic rings. The lowest BCUT2D eigenvalue weighted by atomic mass is 10.1. The average molecular weight is 243 g/mol. The molecular formula is C15H17NO2. The van der Waals surface area contributed by atoms with Crippen molar-refractivity contribution in [1.29, 1.82) is 0 Å². The van der Waals surface area contributed by atoms with E-state index in [4.69, 9.17) is 4.74 Å². The highest BCUT2D eigenvalue weighted by Crippen LogP contribution is 2.20. The number of nitrogens with zero attached hydrogens (tertiary/aromatic N) is 1. The maximum Gasteiger partial charge on any atom is 0.335 e. The Bertz CT molecular complexity index is 486. The van der Waals surface area contributed by atoms with E-state index in [0.717, 1.165) is 5.69 Å². The quantitative estimate of drug-likeness (QED) is 0.764. The molecule has 1 aliphatic heterocycles. The van der Waals surface area contributed by atoms with E-state index in [0.29, 0.717) is 18.7 Å². The molecule has 0 N–H and O–H groups in total. The number of rotatable bonds is 3. The van der Waals surface area contributed by atoms with Crippen molar-refractivity contribution in [2.45, 2.75) is 13.8 Å². The Labute approximate surface area is 107 Å². The minimum Gasteiger partial charge on any atom is -0.463 e. The van der Waals surface area contributed by atoms with E-state index in [1.54, 1.807) is 0 Å². The van der Waals surface area contributed by atoms with Gasteiger partial charge >= 0.3 is 5.97 Å². The van der Waals surface area contributed by atoms with Crippen LogP contribution in [-0.4, -0.2) is 19.1 Å². The lowest BCUT2D eigenvalue weighted by molar-refractivity contribution is -0.138. The molecule has 3 heteroatoms. The number of hydrogen-bond acceptors (Lipinski definition) is 3. The van der Waals surface area contributed by atoms with Gasteiger partial charge in [0.25, 0.3) is 0 Å². The third-order valence-corrected chi connectivity index (χ3v) is 2.81. The van der Waals surface area contributed by atoms with Crippen LogP contribution in [-0.2, 0) is 9.53 Å². The smallest absolute Gasteiger partial charge is 0.335 e. The van der Waals surface area contributed by atoms with Crippen LogP contribution in [0.25, 0.3) is 0 Å². The molecule has 0 amide bonds. The predicted octanol–water partition coefficient (Wildman–Crippen LogP) is 2.82. The van der Waals surface area contributed by atoms with Gasteiger partial charge in [0.2, 0.25) is 0 Å². The summed E-state index contributed by atoms with van der Waals surface area (Å²) < 4.78 is 5.02. The van der Waals surface area contributed by atoms with Crippen molar-refractivity contribution < 1.29 is 9.53 Å². The largest absolute Gasteiger partial charge is 0.463 e. The van der Waals surface area contributed by atoms with Gasteiger partial charge in [-0.05, 0) is 38.1 Å². The van der Waals surface area contributed by atoms with Gasteiger partial charge in [0.05, 0.1) is 18.7 Å². The highest BCUT2D eigenvalue weighted by atomic mass is 16.5. The van der Waals surface area contributed by atoms with Crippen LogP contribution in [0.1, 0.15) is 12.5 Å².